The largest absolute Gasteiger partial charge is 0.481 e. The van der Waals surface area contributed by atoms with Gasteiger partial charge in [-0.1, -0.05) is 6.42 Å². The fraction of sp³-hybridized carbons (Fsp3) is 0.882. The van der Waals surface area contributed by atoms with Crippen molar-refractivity contribution in [3.63, 3.8) is 0 Å². The lowest BCUT2D eigenvalue weighted by Crippen LogP contribution is -2.38. The third-order valence-corrected chi connectivity index (χ3v) is 5.84. The smallest absolute Gasteiger partial charge is 0.306 e. The zero-order valence-electron chi connectivity index (χ0n) is 13.2. The Bertz CT molecular complexity index is 419. The van der Waals surface area contributed by atoms with Crippen molar-refractivity contribution in [2.75, 3.05) is 26.3 Å². The maximum Gasteiger partial charge on any atom is 0.306 e. The molecule has 0 bridgehead atoms. The van der Waals surface area contributed by atoms with Gasteiger partial charge in [0.05, 0.1) is 5.92 Å². The van der Waals surface area contributed by atoms with Gasteiger partial charge in [-0.05, 0) is 50.4 Å². The highest BCUT2D eigenvalue weighted by atomic mass is 16.5. The number of rotatable bonds is 3. The molecule has 0 spiro atoms. The molecule has 3 rings (SSSR count). The minimum absolute atomic E-state index is 0.0664. The van der Waals surface area contributed by atoms with Gasteiger partial charge < -0.3 is 14.7 Å². The molecule has 2 saturated heterocycles. The molecule has 0 aromatic heterocycles. The molecule has 3 atom stereocenters. The van der Waals surface area contributed by atoms with Gasteiger partial charge in [0, 0.05) is 32.2 Å². The first-order chi connectivity index (χ1) is 10.6. The molecular formula is C17H27NO4. The lowest BCUT2D eigenvalue weighted by atomic mass is 9.80. The van der Waals surface area contributed by atoms with Gasteiger partial charge in [0.1, 0.15) is 0 Å². The van der Waals surface area contributed by atoms with Crippen LogP contribution in [0.1, 0.15) is 44.9 Å². The normalized spacial score (nSPS) is 33.8. The molecule has 0 aromatic carbocycles. The molecule has 1 amide bonds. The van der Waals surface area contributed by atoms with E-state index < -0.39 is 5.97 Å². The number of hydrogen-bond donors (Lipinski definition) is 1. The van der Waals surface area contributed by atoms with Crippen LogP contribution in [-0.2, 0) is 14.3 Å². The Morgan fingerprint density at radius 1 is 0.955 bits per heavy atom. The number of nitrogens with zero attached hydrogens (tertiary/aromatic N) is 1. The van der Waals surface area contributed by atoms with Crippen LogP contribution < -0.4 is 0 Å². The highest BCUT2D eigenvalue weighted by Gasteiger charge is 2.37. The topological polar surface area (TPSA) is 66.8 Å². The van der Waals surface area contributed by atoms with Crippen molar-refractivity contribution in [3.05, 3.63) is 0 Å². The van der Waals surface area contributed by atoms with Crippen molar-refractivity contribution in [1.82, 2.24) is 4.90 Å². The summed E-state index contributed by atoms with van der Waals surface area (Å²) in [5.41, 5.74) is 0. The highest BCUT2D eigenvalue weighted by Crippen LogP contribution is 2.35. The van der Waals surface area contributed by atoms with Gasteiger partial charge in [0.2, 0.25) is 5.91 Å². The SMILES string of the molecule is O=C(O)C1CCCC(C(=O)N2CCC(C3CCOCC3)C2)C1. The summed E-state index contributed by atoms with van der Waals surface area (Å²) >= 11 is 0. The Morgan fingerprint density at radius 3 is 2.41 bits per heavy atom. The molecular weight excluding hydrogens is 282 g/mol. The maximum absolute atomic E-state index is 12.7. The predicted molar refractivity (Wildman–Crippen MR) is 81.3 cm³/mol. The second kappa shape index (κ2) is 6.99. The first-order valence-corrected chi connectivity index (χ1v) is 8.74. The Morgan fingerprint density at radius 2 is 1.68 bits per heavy atom. The second-order valence-electron chi connectivity index (χ2n) is 7.18. The number of likely N-dealkylation sites (tertiary alicyclic amines) is 1. The van der Waals surface area contributed by atoms with E-state index in [1.165, 1.54) is 0 Å². The lowest BCUT2D eigenvalue weighted by Gasteiger charge is -2.30. The van der Waals surface area contributed by atoms with Gasteiger partial charge in [0.25, 0.3) is 0 Å². The average Bonchev–Trinajstić information content (AvgIpc) is 3.05. The van der Waals surface area contributed by atoms with Gasteiger partial charge in [-0.25, -0.2) is 0 Å². The summed E-state index contributed by atoms with van der Waals surface area (Å²) in [7, 11) is 0. The van der Waals surface area contributed by atoms with Crippen LogP contribution in [0.15, 0.2) is 0 Å². The summed E-state index contributed by atoms with van der Waals surface area (Å²) in [6.07, 6.45) is 6.34. The standard InChI is InChI=1S/C17H27NO4/c19-16(13-2-1-3-14(10-13)17(20)21)18-7-4-15(11-18)12-5-8-22-9-6-12/h12-15H,1-11H2,(H,20,21). The molecule has 1 saturated carbocycles. The molecule has 0 aromatic rings. The number of amides is 1. The molecule has 5 nitrogen and oxygen atoms in total. The van der Waals surface area contributed by atoms with Crippen LogP contribution in [0.3, 0.4) is 0 Å². The van der Waals surface area contributed by atoms with Crippen molar-refractivity contribution in [2.45, 2.75) is 44.9 Å². The molecule has 124 valence electrons. The maximum atomic E-state index is 12.7. The van der Waals surface area contributed by atoms with Crippen LogP contribution in [0.25, 0.3) is 0 Å². The quantitative estimate of drug-likeness (QED) is 0.867. The molecule has 2 aliphatic heterocycles. The van der Waals surface area contributed by atoms with E-state index in [1.807, 2.05) is 4.90 Å². The van der Waals surface area contributed by atoms with Crippen molar-refractivity contribution in [1.29, 1.82) is 0 Å². The van der Waals surface area contributed by atoms with E-state index in [-0.39, 0.29) is 17.7 Å². The Balaban J connectivity index is 1.53. The summed E-state index contributed by atoms with van der Waals surface area (Å²) < 4.78 is 5.43. The van der Waals surface area contributed by atoms with Crippen LogP contribution >= 0.6 is 0 Å². The van der Waals surface area contributed by atoms with Crippen molar-refractivity contribution >= 4 is 11.9 Å². The third-order valence-electron chi connectivity index (χ3n) is 5.84. The number of hydrogen-bond acceptors (Lipinski definition) is 3. The van der Waals surface area contributed by atoms with E-state index in [1.54, 1.807) is 0 Å². The molecule has 1 aliphatic carbocycles. The van der Waals surface area contributed by atoms with Crippen LogP contribution in [0.2, 0.25) is 0 Å². The van der Waals surface area contributed by atoms with E-state index in [0.29, 0.717) is 18.3 Å². The fourth-order valence-electron chi connectivity index (χ4n) is 4.46. The number of carboxylic acids is 1. The summed E-state index contributed by atoms with van der Waals surface area (Å²) in [4.78, 5) is 25.9. The fourth-order valence-corrected chi connectivity index (χ4v) is 4.46. The molecule has 22 heavy (non-hydrogen) atoms. The second-order valence-corrected chi connectivity index (χ2v) is 7.18. The van der Waals surface area contributed by atoms with Crippen LogP contribution in [0.4, 0.5) is 0 Å². The number of carbonyl (C=O) groups excluding carboxylic acids is 1. The molecule has 0 radical (unpaired) electrons. The predicted octanol–water partition coefficient (Wildman–Crippen LogP) is 2.15. The number of carboxylic acid groups (broad SMARTS) is 1. The van der Waals surface area contributed by atoms with Gasteiger partial charge in [-0.3, -0.25) is 9.59 Å². The Kier molecular flexibility index (Phi) is 5.01. The average molecular weight is 309 g/mol. The van der Waals surface area contributed by atoms with Crippen LogP contribution in [0, 0.1) is 23.7 Å². The van der Waals surface area contributed by atoms with E-state index in [0.717, 1.165) is 64.8 Å². The van der Waals surface area contributed by atoms with E-state index >= 15 is 0 Å². The summed E-state index contributed by atoms with van der Waals surface area (Å²) in [6, 6.07) is 0. The van der Waals surface area contributed by atoms with E-state index in [4.69, 9.17) is 4.74 Å². The van der Waals surface area contributed by atoms with Crippen molar-refractivity contribution in [3.8, 4) is 0 Å². The summed E-state index contributed by atoms with van der Waals surface area (Å²) in [5.74, 6) is 0.399. The van der Waals surface area contributed by atoms with Gasteiger partial charge in [0.15, 0.2) is 0 Å². The molecule has 3 fully saturated rings. The Hall–Kier alpha value is -1.10. The molecule has 5 heteroatoms. The first kappa shape index (κ1) is 15.8. The summed E-state index contributed by atoms with van der Waals surface area (Å²) in [6.45, 7) is 3.45. The van der Waals surface area contributed by atoms with Gasteiger partial charge in [-0.15, -0.1) is 0 Å². The Labute approximate surface area is 132 Å². The number of aliphatic carboxylic acids is 1. The first-order valence-electron chi connectivity index (χ1n) is 8.74. The van der Waals surface area contributed by atoms with Crippen LogP contribution in [0.5, 0.6) is 0 Å². The van der Waals surface area contributed by atoms with Crippen molar-refractivity contribution < 1.29 is 19.4 Å². The molecule has 3 unspecified atom stereocenters. The zero-order valence-corrected chi connectivity index (χ0v) is 13.2. The zero-order chi connectivity index (χ0) is 15.5. The lowest BCUT2D eigenvalue weighted by molar-refractivity contribution is -0.145. The molecule has 3 aliphatic rings. The van der Waals surface area contributed by atoms with Gasteiger partial charge in [-0.2, -0.15) is 0 Å². The monoisotopic (exact) mass is 309 g/mol. The molecule has 1 N–H and O–H groups in total. The highest BCUT2D eigenvalue weighted by molar-refractivity contribution is 5.80. The number of carbonyl (C=O) groups is 2. The van der Waals surface area contributed by atoms with Crippen LogP contribution in [-0.4, -0.2) is 48.2 Å². The minimum atomic E-state index is -0.737. The van der Waals surface area contributed by atoms with E-state index in [2.05, 4.69) is 0 Å². The third kappa shape index (κ3) is 3.45. The van der Waals surface area contributed by atoms with E-state index in [9.17, 15) is 14.7 Å². The molecule has 2 heterocycles. The minimum Gasteiger partial charge on any atom is -0.481 e. The summed E-state index contributed by atoms with van der Waals surface area (Å²) in [5, 5.41) is 9.18. The van der Waals surface area contributed by atoms with Crippen molar-refractivity contribution in [2.24, 2.45) is 23.7 Å². The van der Waals surface area contributed by atoms with Gasteiger partial charge >= 0.3 is 5.97 Å². The number of ether oxygens (including phenoxy) is 1.